The van der Waals surface area contributed by atoms with Crippen molar-refractivity contribution in [3.05, 3.63) is 75.3 Å². The number of carbonyl (C=O) groups excluding carboxylic acids is 1. The highest BCUT2D eigenvalue weighted by atomic mass is 35.5. The Hall–Kier alpha value is -2.32. The van der Waals surface area contributed by atoms with Crippen molar-refractivity contribution in [2.75, 3.05) is 26.2 Å². The van der Waals surface area contributed by atoms with E-state index in [1.165, 1.54) is 5.56 Å². The van der Waals surface area contributed by atoms with E-state index in [9.17, 15) is 4.79 Å². The number of amides is 1. The Morgan fingerprint density at radius 3 is 2.43 bits per heavy atom. The summed E-state index contributed by atoms with van der Waals surface area (Å²) in [6.45, 7) is 3.97. The lowest BCUT2D eigenvalue weighted by molar-refractivity contribution is -0.125. The number of nitrogens with zero attached hydrogens (tertiary/aromatic N) is 3. The van der Waals surface area contributed by atoms with Gasteiger partial charge in [0.25, 0.3) is 0 Å². The predicted octanol–water partition coefficient (Wildman–Crippen LogP) is 4.61. The normalized spacial score (nSPS) is 15.4. The quantitative estimate of drug-likeness (QED) is 0.687. The van der Waals surface area contributed by atoms with Crippen LogP contribution in [0.15, 0.2) is 48.5 Å². The molecule has 144 valence electrons. The molecule has 0 spiro atoms. The number of carbonyl (C=O) groups is 1. The first-order chi connectivity index (χ1) is 13.6. The van der Waals surface area contributed by atoms with E-state index in [2.05, 4.69) is 11.0 Å². The van der Waals surface area contributed by atoms with Crippen LogP contribution in [0.3, 0.4) is 0 Å². The zero-order valence-corrected chi connectivity index (χ0v) is 17.0. The lowest BCUT2D eigenvalue weighted by Crippen LogP contribution is -2.34. The minimum atomic E-state index is -0.0313. The summed E-state index contributed by atoms with van der Waals surface area (Å²) in [6, 6.07) is 15.1. The summed E-state index contributed by atoms with van der Waals surface area (Å²) >= 11 is 12.3. The highest BCUT2D eigenvalue weighted by molar-refractivity contribution is 6.37. The van der Waals surface area contributed by atoms with Gasteiger partial charge in [-0.05, 0) is 42.3 Å². The molecule has 28 heavy (non-hydrogen) atoms. The van der Waals surface area contributed by atoms with Crippen molar-refractivity contribution < 1.29 is 4.79 Å². The Morgan fingerprint density at radius 2 is 1.75 bits per heavy atom. The Balaban J connectivity index is 1.57. The molecule has 1 amide bonds. The maximum atomic E-state index is 12.6. The maximum absolute atomic E-state index is 12.6. The molecular formula is C22H21Cl2N3O. The van der Waals surface area contributed by atoms with Crippen molar-refractivity contribution in [3.63, 3.8) is 0 Å². The van der Waals surface area contributed by atoms with Crippen LogP contribution in [0.2, 0.25) is 10.0 Å². The number of rotatable bonds is 4. The van der Waals surface area contributed by atoms with Crippen molar-refractivity contribution in [2.24, 2.45) is 0 Å². The number of halogens is 2. The summed E-state index contributed by atoms with van der Waals surface area (Å²) in [7, 11) is 0. The van der Waals surface area contributed by atoms with E-state index < -0.39 is 0 Å². The van der Waals surface area contributed by atoms with Gasteiger partial charge >= 0.3 is 0 Å². The second-order valence-electron chi connectivity index (χ2n) is 6.73. The molecule has 2 aromatic carbocycles. The number of hydrogen-bond acceptors (Lipinski definition) is 3. The summed E-state index contributed by atoms with van der Waals surface area (Å²) < 4.78 is 0. The molecule has 0 aliphatic carbocycles. The predicted molar refractivity (Wildman–Crippen MR) is 113 cm³/mol. The standard InChI is InChI=1S/C22H21Cl2N3O/c23-20-3-1-4-21(24)19(20)9-10-22(28)27-12-2-11-26(13-14-27)16-18-7-5-17(15-25)6-8-18/h1,3-10H,2,11-14,16H2/b10-9+. The molecule has 0 saturated carbocycles. The minimum Gasteiger partial charge on any atom is -0.338 e. The van der Waals surface area contributed by atoms with E-state index in [4.69, 9.17) is 28.5 Å². The van der Waals surface area contributed by atoms with Gasteiger partial charge in [-0.1, -0.05) is 41.4 Å². The SMILES string of the molecule is N#Cc1ccc(CN2CCCN(C(=O)/C=C/c3c(Cl)cccc3Cl)CC2)cc1. The van der Waals surface area contributed by atoms with E-state index in [1.54, 1.807) is 30.4 Å². The molecule has 0 aromatic heterocycles. The molecule has 1 heterocycles. The lowest BCUT2D eigenvalue weighted by atomic mass is 10.1. The molecule has 0 bridgehead atoms. The molecule has 1 fully saturated rings. The van der Waals surface area contributed by atoms with E-state index in [1.807, 2.05) is 29.2 Å². The molecule has 0 N–H and O–H groups in total. The number of hydrogen-bond donors (Lipinski definition) is 0. The van der Waals surface area contributed by atoms with Gasteiger partial charge in [-0.2, -0.15) is 5.26 Å². The first kappa shape index (κ1) is 20.4. The molecule has 2 aromatic rings. The molecular weight excluding hydrogens is 393 g/mol. The third-order valence-corrected chi connectivity index (χ3v) is 5.44. The van der Waals surface area contributed by atoms with Gasteiger partial charge in [0.15, 0.2) is 0 Å². The van der Waals surface area contributed by atoms with E-state index in [-0.39, 0.29) is 5.91 Å². The first-order valence-corrected chi connectivity index (χ1v) is 9.95. The lowest BCUT2D eigenvalue weighted by Gasteiger charge is -2.21. The van der Waals surface area contributed by atoms with Gasteiger partial charge in [0, 0.05) is 54.4 Å². The number of benzene rings is 2. The maximum Gasteiger partial charge on any atom is 0.246 e. The Bertz CT molecular complexity index is 883. The van der Waals surface area contributed by atoms with Crippen LogP contribution in [-0.4, -0.2) is 41.9 Å². The van der Waals surface area contributed by atoms with Gasteiger partial charge in [0.2, 0.25) is 5.91 Å². The highest BCUT2D eigenvalue weighted by Gasteiger charge is 2.18. The molecule has 1 aliphatic rings. The molecule has 1 aliphatic heterocycles. The smallest absolute Gasteiger partial charge is 0.246 e. The van der Waals surface area contributed by atoms with E-state index >= 15 is 0 Å². The van der Waals surface area contributed by atoms with Crippen LogP contribution in [0.1, 0.15) is 23.1 Å². The van der Waals surface area contributed by atoms with Crippen LogP contribution >= 0.6 is 23.2 Å². The second kappa shape index (κ2) is 9.75. The minimum absolute atomic E-state index is 0.0313. The van der Waals surface area contributed by atoms with Crippen LogP contribution < -0.4 is 0 Å². The largest absolute Gasteiger partial charge is 0.338 e. The van der Waals surface area contributed by atoms with Crippen LogP contribution in [0.4, 0.5) is 0 Å². The Morgan fingerprint density at radius 1 is 1.04 bits per heavy atom. The van der Waals surface area contributed by atoms with Gasteiger partial charge < -0.3 is 4.90 Å². The van der Waals surface area contributed by atoms with Gasteiger partial charge in [0.05, 0.1) is 11.6 Å². The molecule has 4 nitrogen and oxygen atoms in total. The Labute approximate surface area is 175 Å². The van der Waals surface area contributed by atoms with E-state index in [0.717, 1.165) is 32.6 Å². The van der Waals surface area contributed by atoms with Gasteiger partial charge in [0.1, 0.15) is 0 Å². The summed E-state index contributed by atoms with van der Waals surface area (Å²) in [6.07, 6.45) is 4.15. The third kappa shape index (κ3) is 5.36. The molecule has 1 saturated heterocycles. The molecule has 0 atom stereocenters. The van der Waals surface area contributed by atoms with Crippen molar-refractivity contribution in [1.29, 1.82) is 5.26 Å². The second-order valence-corrected chi connectivity index (χ2v) is 7.55. The third-order valence-electron chi connectivity index (χ3n) is 4.78. The van der Waals surface area contributed by atoms with Crippen molar-refractivity contribution in [3.8, 4) is 6.07 Å². The topological polar surface area (TPSA) is 47.3 Å². The number of nitriles is 1. The zero-order chi connectivity index (χ0) is 19.9. The zero-order valence-electron chi connectivity index (χ0n) is 15.4. The summed E-state index contributed by atoms with van der Waals surface area (Å²) in [4.78, 5) is 16.8. The molecule has 0 unspecified atom stereocenters. The average molecular weight is 414 g/mol. The summed E-state index contributed by atoms with van der Waals surface area (Å²) in [5, 5.41) is 9.95. The summed E-state index contributed by atoms with van der Waals surface area (Å²) in [5.74, 6) is -0.0313. The molecule has 0 radical (unpaired) electrons. The average Bonchev–Trinajstić information content (AvgIpc) is 2.94. The monoisotopic (exact) mass is 413 g/mol. The van der Waals surface area contributed by atoms with E-state index in [0.29, 0.717) is 27.7 Å². The fourth-order valence-electron chi connectivity index (χ4n) is 3.22. The first-order valence-electron chi connectivity index (χ1n) is 9.19. The molecule has 6 heteroatoms. The van der Waals surface area contributed by atoms with Crippen molar-refractivity contribution in [1.82, 2.24) is 9.80 Å². The highest BCUT2D eigenvalue weighted by Crippen LogP contribution is 2.25. The van der Waals surface area contributed by atoms with Gasteiger partial charge in [-0.15, -0.1) is 0 Å². The molecule has 3 rings (SSSR count). The van der Waals surface area contributed by atoms with Crippen molar-refractivity contribution in [2.45, 2.75) is 13.0 Å². The van der Waals surface area contributed by atoms with Gasteiger partial charge in [-0.3, -0.25) is 9.69 Å². The fraction of sp³-hybridized carbons (Fsp3) is 0.273. The van der Waals surface area contributed by atoms with Crippen LogP contribution in [0, 0.1) is 11.3 Å². The summed E-state index contributed by atoms with van der Waals surface area (Å²) in [5.41, 5.74) is 2.50. The van der Waals surface area contributed by atoms with Crippen LogP contribution in [-0.2, 0) is 11.3 Å². The van der Waals surface area contributed by atoms with Crippen LogP contribution in [0.5, 0.6) is 0 Å². The fourth-order valence-corrected chi connectivity index (χ4v) is 3.75. The Kier molecular flexibility index (Phi) is 7.11. The van der Waals surface area contributed by atoms with Gasteiger partial charge in [-0.25, -0.2) is 0 Å². The van der Waals surface area contributed by atoms with Crippen LogP contribution in [0.25, 0.3) is 6.08 Å². The van der Waals surface area contributed by atoms with Crippen molar-refractivity contribution >= 4 is 35.2 Å².